The van der Waals surface area contributed by atoms with Crippen LogP contribution >= 0.6 is 11.8 Å². The van der Waals surface area contributed by atoms with Crippen LogP contribution in [0, 0.1) is 12.8 Å². The Labute approximate surface area is 163 Å². The van der Waals surface area contributed by atoms with E-state index in [-0.39, 0.29) is 11.7 Å². The van der Waals surface area contributed by atoms with E-state index in [0.717, 1.165) is 17.0 Å². The van der Waals surface area contributed by atoms with Gasteiger partial charge in [0, 0.05) is 18.7 Å². The normalized spacial score (nSPS) is 10.7. The first kappa shape index (κ1) is 20.7. The predicted molar refractivity (Wildman–Crippen MR) is 107 cm³/mol. The summed E-state index contributed by atoms with van der Waals surface area (Å²) < 4.78 is 1.90. The summed E-state index contributed by atoms with van der Waals surface area (Å²) in [7, 11) is 0. The number of hydrogen-bond acceptors (Lipinski definition) is 5. The lowest BCUT2D eigenvalue weighted by atomic mass is 10.1. The topological polar surface area (TPSA) is 88.9 Å². The van der Waals surface area contributed by atoms with Crippen LogP contribution in [-0.4, -0.2) is 39.0 Å². The van der Waals surface area contributed by atoms with Crippen LogP contribution < -0.4 is 10.6 Å². The number of thioether (sulfide) groups is 1. The van der Waals surface area contributed by atoms with E-state index in [1.807, 2.05) is 49.6 Å². The van der Waals surface area contributed by atoms with E-state index in [9.17, 15) is 9.59 Å². The zero-order chi connectivity index (χ0) is 19.8. The first-order chi connectivity index (χ1) is 12.9. The van der Waals surface area contributed by atoms with Crippen LogP contribution in [0.5, 0.6) is 0 Å². The van der Waals surface area contributed by atoms with Crippen LogP contribution in [0.1, 0.15) is 19.4 Å². The van der Waals surface area contributed by atoms with Crippen molar-refractivity contribution in [2.24, 2.45) is 5.92 Å². The Morgan fingerprint density at radius 1 is 1.33 bits per heavy atom. The van der Waals surface area contributed by atoms with Gasteiger partial charge in [-0.3, -0.25) is 14.7 Å². The van der Waals surface area contributed by atoms with Crippen LogP contribution in [0.4, 0.5) is 4.79 Å². The minimum Gasteiger partial charge on any atom is -0.338 e. The lowest BCUT2D eigenvalue weighted by molar-refractivity contribution is -0.117. The van der Waals surface area contributed by atoms with Crippen molar-refractivity contribution >= 4 is 23.7 Å². The molecule has 27 heavy (non-hydrogen) atoms. The molecular formula is C19H25N5O2S. The van der Waals surface area contributed by atoms with E-state index in [2.05, 4.69) is 27.4 Å². The molecule has 0 atom stereocenters. The Bertz CT molecular complexity index is 816. The largest absolute Gasteiger partial charge is 0.338 e. The van der Waals surface area contributed by atoms with Gasteiger partial charge in [-0.05, 0) is 18.9 Å². The summed E-state index contributed by atoms with van der Waals surface area (Å²) in [4.78, 5) is 23.7. The van der Waals surface area contributed by atoms with Crippen LogP contribution in [0.3, 0.4) is 0 Å². The van der Waals surface area contributed by atoms with Crippen LogP contribution in [0.15, 0.2) is 42.1 Å². The molecule has 0 saturated heterocycles. The zero-order valence-electron chi connectivity index (χ0n) is 15.9. The molecule has 2 aromatic rings. The molecule has 1 aromatic heterocycles. The SMILES string of the molecule is C=CCn1c(SCC(=O)NC(=O)NCC(C)C)nnc1-c1cccc(C)c1. The standard InChI is InChI=1S/C19H25N5O2S/c1-5-9-24-17(15-8-6-7-14(4)10-15)22-23-19(24)27-12-16(25)21-18(26)20-11-13(2)3/h5-8,10,13H,1,9,11-12H2,2-4H3,(H2,20,21,25,26). The Morgan fingerprint density at radius 2 is 2.11 bits per heavy atom. The van der Waals surface area contributed by atoms with Crippen molar-refractivity contribution in [3.05, 3.63) is 42.5 Å². The molecule has 3 amide bonds. The number of aromatic nitrogens is 3. The van der Waals surface area contributed by atoms with Crippen molar-refractivity contribution in [1.82, 2.24) is 25.4 Å². The van der Waals surface area contributed by atoms with E-state index >= 15 is 0 Å². The molecule has 0 spiro atoms. The number of imide groups is 1. The molecule has 8 heteroatoms. The predicted octanol–water partition coefficient (Wildman–Crippen LogP) is 3.01. The second kappa shape index (κ2) is 9.91. The van der Waals surface area contributed by atoms with Gasteiger partial charge in [0.1, 0.15) is 0 Å². The highest BCUT2D eigenvalue weighted by Gasteiger charge is 2.16. The maximum Gasteiger partial charge on any atom is 0.321 e. The lowest BCUT2D eigenvalue weighted by Crippen LogP contribution is -2.41. The molecule has 1 aromatic carbocycles. The summed E-state index contributed by atoms with van der Waals surface area (Å²) >= 11 is 1.23. The fourth-order valence-corrected chi connectivity index (χ4v) is 3.07. The van der Waals surface area contributed by atoms with Gasteiger partial charge in [0.2, 0.25) is 5.91 Å². The van der Waals surface area contributed by atoms with Gasteiger partial charge in [-0.2, -0.15) is 0 Å². The van der Waals surface area contributed by atoms with Crippen molar-refractivity contribution in [2.45, 2.75) is 32.5 Å². The number of benzene rings is 1. The maximum absolute atomic E-state index is 12.0. The average molecular weight is 388 g/mol. The van der Waals surface area contributed by atoms with E-state index in [0.29, 0.717) is 24.2 Å². The highest BCUT2D eigenvalue weighted by atomic mass is 32.2. The second-order valence-electron chi connectivity index (χ2n) is 6.52. The van der Waals surface area contributed by atoms with Crippen molar-refractivity contribution in [3.8, 4) is 11.4 Å². The molecule has 2 rings (SSSR count). The van der Waals surface area contributed by atoms with Gasteiger partial charge in [-0.15, -0.1) is 16.8 Å². The molecule has 0 bridgehead atoms. The third-order valence-electron chi connectivity index (χ3n) is 3.56. The number of hydrogen-bond donors (Lipinski definition) is 2. The Kier molecular flexibility index (Phi) is 7.60. The Morgan fingerprint density at radius 3 is 2.78 bits per heavy atom. The van der Waals surface area contributed by atoms with Gasteiger partial charge in [-0.25, -0.2) is 4.79 Å². The van der Waals surface area contributed by atoms with Gasteiger partial charge in [-0.1, -0.05) is 55.4 Å². The number of nitrogens with zero attached hydrogens (tertiary/aromatic N) is 3. The summed E-state index contributed by atoms with van der Waals surface area (Å²) in [6, 6.07) is 7.50. The average Bonchev–Trinajstić information content (AvgIpc) is 3.01. The smallest absolute Gasteiger partial charge is 0.321 e. The van der Waals surface area contributed by atoms with Crippen molar-refractivity contribution in [2.75, 3.05) is 12.3 Å². The molecule has 0 fully saturated rings. The van der Waals surface area contributed by atoms with E-state index in [1.165, 1.54) is 11.8 Å². The van der Waals surface area contributed by atoms with Gasteiger partial charge >= 0.3 is 6.03 Å². The summed E-state index contributed by atoms with van der Waals surface area (Å²) in [6.07, 6.45) is 1.76. The third-order valence-corrected chi connectivity index (χ3v) is 4.53. The number of carbonyl (C=O) groups excluding carboxylic acids is 2. The second-order valence-corrected chi connectivity index (χ2v) is 7.46. The number of amides is 3. The molecule has 0 saturated carbocycles. The number of allylic oxidation sites excluding steroid dienone is 1. The van der Waals surface area contributed by atoms with Crippen molar-refractivity contribution in [3.63, 3.8) is 0 Å². The van der Waals surface area contributed by atoms with E-state index in [4.69, 9.17) is 0 Å². The Balaban J connectivity index is 2.03. The van der Waals surface area contributed by atoms with Crippen molar-refractivity contribution < 1.29 is 9.59 Å². The van der Waals surface area contributed by atoms with Crippen LogP contribution in [-0.2, 0) is 11.3 Å². The number of rotatable bonds is 8. The van der Waals surface area contributed by atoms with E-state index in [1.54, 1.807) is 6.08 Å². The zero-order valence-corrected chi connectivity index (χ0v) is 16.7. The molecule has 0 aliphatic carbocycles. The number of aryl methyl sites for hydroxylation is 1. The quantitative estimate of drug-likeness (QED) is 0.537. The minimum absolute atomic E-state index is 0.0677. The first-order valence-corrected chi connectivity index (χ1v) is 9.71. The summed E-state index contributed by atoms with van der Waals surface area (Å²) in [5.74, 6) is 0.721. The molecule has 0 aliphatic rings. The highest BCUT2D eigenvalue weighted by Crippen LogP contribution is 2.24. The summed E-state index contributed by atoms with van der Waals surface area (Å²) in [5.41, 5.74) is 2.08. The lowest BCUT2D eigenvalue weighted by Gasteiger charge is -2.09. The van der Waals surface area contributed by atoms with Crippen LogP contribution in [0.25, 0.3) is 11.4 Å². The summed E-state index contributed by atoms with van der Waals surface area (Å²) in [5, 5.41) is 14.0. The van der Waals surface area contributed by atoms with Gasteiger partial charge in [0.05, 0.1) is 5.75 Å². The number of carbonyl (C=O) groups is 2. The Hall–Kier alpha value is -2.61. The third kappa shape index (κ3) is 6.25. The molecule has 2 N–H and O–H groups in total. The minimum atomic E-state index is -0.484. The fourth-order valence-electron chi connectivity index (χ4n) is 2.32. The van der Waals surface area contributed by atoms with Crippen molar-refractivity contribution in [1.29, 1.82) is 0 Å². The molecule has 7 nitrogen and oxygen atoms in total. The molecule has 144 valence electrons. The number of urea groups is 1. The molecule has 0 unspecified atom stereocenters. The molecular weight excluding hydrogens is 362 g/mol. The monoisotopic (exact) mass is 387 g/mol. The van der Waals surface area contributed by atoms with Crippen LogP contribution in [0.2, 0.25) is 0 Å². The fraction of sp³-hybridized carbons (Fsp3) is 0.368. The van der Waals surface area contributed by atoms with Gasteiger partial charge < -0.3 is 5.32 Å². The maximum atomic E-state index is 12.0. The molecule has 0 radical (unpaired) electrons. The molecule has 0 aliphatic heterocycles. The number of nitrogens with one attached hydrogen (secondary N) is 2. The van der Waals surface area contributed by atoms with Gasteiger partial charge in [0.15, 0.2) is 11.0 Å². The first-order valence-electron chi connectivity index (χ1n) is 8.72. The summed E-state index contributed by atoms with van der Waals surface area (Å²) in [6.45, 7) is 10.8. The van der Waals surface area contributed by atoms with E-state index < -0.39 is 6.03 Å². The highest BCUT2D eigenvalue weighted by molar-refractivity contribution is 7.99. The van der Waals surface area contributed by atoms with Gasteiger partial charge in [0.25, 0.3) is 0 Å². The molecule has 1 heterocycles.